The van der Waals surface area contributed by atoms with E-state index in [2.05, 4.69) is 21.2 Å². The Balaban J connectivity index is 1.97. The molecule has 0 unspecified atom stereocenters. The molecular weight excluding hydrogens is 376 g/mol. The zero-order chi connectivity index (χ0) is 17.3. The van der Waals surface area contributed by atoms with Gasteiger partial charge in [0.1, 0.15) is 11.3 Å². The Kier molecular flexibility index (Phi) is 4.35. The Hall–Kier alpha value is -2.67. The molecule has 0 spiro atoms. The molecule has 1 aromatic heterocycles. The number of rotatable bonds is 3. The molecule has 122 valence electrons. The summed E-state index contributed by atoms with van der Waals surface area (Å²) >= 11 is 3.15. The van der Waals surface area contributed by atoms with Crippen LogP contribution in [0.4, 0.5) is 10.5 Å². The number of nitrogens with one attached hydrogen (secondary N) is 1. The van der Waals surface area contributed by atoms with Gasteiger partial charge in [-0.2, -0.15) is 0 Å². The maximum absolute atomic E-state index is 12.6. The molecule has 1 fully saturated rings. The summed E-state index contributed by atoms with van der Waals surface area (Å²) in [6.45, 7) is 2.01. The van der Waals surface area contributed by atoms with Crippen LogP contribution < -0.4 is 10.2 Å². The highest BCUT2D eigenvalue weighted by molar-refractivity contribution is 9.10. The van der Waals surface area contributed by atoms with E-state index >= 15 is 0 Å². The third kappa shape index (κ3) is 3.03. The lowest BCUT2D eigenvalue weighted by atomic mass is 10.1. The average molecular weight is 389 g/mol. The van der Waals surface area contributed by atoms with Crippen LogP contribution in [0.25, 0.3) is 6.08 Å². The number of hydrogen-bond acceptors (Lipinski definition) is 4. The Morgan fingerprint density at radius 1 is 1.12 bits per heavy atom. The molecule has 2 heterocycles. The number of furan rings is 1. The third-order valence-electron chi connectivity index (χ3n) is 3.59. The van der Waals surface area contributed by atoms with Gasteiger partial charge in [0.2, 0.25) is 0 Å². The van der Waals surface area contributed by atoms with Crippen LogP contribution in [-0.4, -0.2) is 17.8 Å². The van der Waals surface area contributed by atoms with E-state index in [1.165, 1.54) is 6.08 Å². The molecule has 6 nitrogen and oxygen atoms in total. The number of barbiturate groups is 1. The molecule has 2 aromatic rings. The summed E-state index contributed by atoms with van der Waals surface area (Å²) in [5.74, 6) is -1.12. The quantitative estimate of drug-likeness (QED) is 0.646. The van der Waals surface area contributed by atoms with Crippen molar-refractivity contribution in [3.63, 3.8) is 0 Å². The molecule has 1 N–H and O–H groups in total. The normalized spacial score (nSPS) is 16.7. The Morgan fingerprint density at radius 3 is 2.42 bits per heavy atom. The van der Waals surface area contributed by atoms with Crippen LogP contribution in [0.3, 0.4) is 0 Å². The topological polar surface area (TPSA) is 79.6 Å². The van der Waals surface area contributed by atoms with Crippen molar-refractivity contribution in [2.75, 3.05) is 4.90 Å². The van der Waals surface area contributed by atoms with E-state index in [0.717, 1.165) is 16.9 Å². The van der Waals surface area contributed by atoms with Gasteiger partial charge in [-0.15, -0.1) is 0 Å². The fourth-order valence-corrected chi connectivity index (χ4v) is 2.64. The van der Waals surface area contributed by atoms with E-state index in [9.17, 15) is 14.4 Å². The highest BCUT2D eigenvalue weighted by atomic mass is 79.9. The lowest BCUT2D eigenvalue weighted by Gasteiger charge is -2.26. The number of amides is 4. The van der Waals surface area contributed by atoms with Crippen molar-refractivity contribution >= 4 is 45.5 Å². The van der Waals surface area contributed by atoms with Crippen LogP contribution in [-0.2, 0) is 16.0 Å². The predicted octanol–water partition coefficient (Wildman–Crippen LogP) is 3.27. The van der Waals surface area contributed by atoms with E-state index < -0.39 is 17.8 Å². The van der Waals surface area contributed by atoms with Crippen molar-refractivity contribution in [1.82, 2.24) is 5.32 Å². The second-order valence-corrected chi connectivity index (χ2v) is 5.90. The molecule has 1 saturated heterocycles. The smallest absolute Gasteiger partial charge is 0.335 e. The van der Waals surface area contributed by atoms with Crippen molar-refractivity contribution in [3.8, 4) is 0 Å². The molecule has 24 heavy (non-hydrogen) atoms. The average Bonchev–Trinajstić information content (AvgIpc) is 2.97. The Bertz CT molecular complexity index is 852. The molecule has 1 aliphatic heterocycles. The number of benzene rings is 1. The maximum atomic E-state index is 12.6. The van der Waals surface area contributed by atoms with Crippen molar-refractivity contribution in [2.45, 2.75) is 13.3 Å². The summed E-state index contributed by atoms with van der Waals surface area (Å²) in [5.41, 5.74) is 1.31. The summed E-state index contributed by atoms with van der Waals surface area (Å²) in [7, 11) is 0. The van der Waals surface area contributed by atoms with Gasteiger partial charge in [0, 0.05) is 0 Å². The van der Waals surface area contributed by atoms with E-state index in [0.29, 0.717) is 16.1 Å². The van der Waals surface area contributed by atoms with Crippen molar-refractivity contribution < 1.29 is 18.8 Å². The molecule has 0 bridgehead atoms. The number of nitrogens with zero attached hydrogens (tertiary/aromatic N) is 1. The van der Waals surface area contributed by atoms with Crippen LogP contribution >= 0.6 is 15.9 Å². The molecule has 0 aliphatic carbocycles. The first kappa shape index (κ1) is 16.2. The van der Waals surface area contributed by atoms with E-state index in [1.807, 2.05) is 19.1 Å². The summed E-state index contributed by atoms with van der Waals surface area (Å²) in [5, 5.41) is 2.17. The van der Waals surface area contributed by atoms with Crippen molar-refractivity contribution in [2.24, 2.45) is 0 Å². The number of carbonyl (C=O) groups is 3. The highest BCUT2D eigenvalue weighted by Crippen LogP contribution is 2.23. The van der Waals surface area contributed by atoms with Crippen LogP contribution in [0, 0.1) is 0 Å². The first-order valence-corrected chi connectivity index (χ1v) is 8.04. The molecule has 0 atom stereocenters. The van der Waals surface area contributed by atoms with Gasteiger partial charge in [0.25, 0.3) is 11.8 Å². The first-order valence-electron chi connectivity index (χ1n) is 7.25. The van der Waals surface area contributed by atoms with Crippen LogP contribution in [0.2, 0.25) is 0 Å². The highest BCUT2D eigenvalue weighted by Gasteiger charge is 2.36. The summed E-state index contributed by atoms with van der Waals surface area (Å²) in [4.78, 5) is 37.7. The number of anilines is 1. The molecule has 1 aliphatic rings. The summed E-state index contributed by atoms with van der Waals surface area (Å²) in [6.07, 6.45) is 2.15. The second-order valence-electron chi connectivity index (χ2n) is 5.12. The van der Waals surface area contributed by atoms with Crippen molar-refractivity contribution in [1.29, 1.82) is 0 Å². The molecular formula is C17H13BrN2O4. The van der Waals surface area contributed by atoms with Crippen LogP contribution in [0.15, 0.2) is 51.1 Å². The minimum Gasteiger partial charge on any atom is -0.450 e. The number of carbonyl (C=O) groups excluding carboxylic acids is 3. The number of imide groups is 2. The van der Waals surface area contributed by atoms with Crippen LogP contribution in [0.5, 0.6) is 0 Å². The number of aryl methyl sites for hydroxylation is 1. The van der Waals surface area contributed by atoms with Gasteiger partial charge in [-0.3, -0.25) is 14.9 Å². The standard InChI is InChI=1S/C17H13BrN2O4/c1-2-10-3-5-11(6-4-10)20-16(22)13(15(21)19-17(20)23)9-12-7-8-14(18)24-12/h3-9H,2H2,1H3,(H,19,21,23)/b13-9+. The van der Waals surface area contributed by atoms with E-state index in [4.69, 9.17) is 4.42 Å². The number of urea groups is 1. The minimum absolute atomic E-state index is 0.170. The second kappa shape index (κ2) is 6.45. The Labute approximate surface area is 146 Å². The van der Waals surface area contributed by atoms with Crippen molar-refractivity contribution in [3.05, 3.63) is 58.0 Å². The fraction of sp³-hybridized carbons (Fsp3) is 0.118. The number of hydrogen-bond donors (Lipinski definition) is 1. The first-order chi connectivity index (χ1) is 11.5. The molecule has 7 heteroatoms. The predicted molar refractivity (Wildman–Crippen MR) is 91.2 cm³/mol. The monoisotopic (exact) mass is 388 g/mol. The molecule has 0 saturated carbocycles. The molecule has 4 amide bonds. The summed E-state index contributed by atoms with van der Waals surface area (Å²) in [6, 6.07) is 9.49. The van der Waals surface area contributed by atoms with Gasteiger partial charge in [-0.25, -0.2) is 9.69 Å². The lowest BCUT2D eigenvalue weighted by molar-refractivity contribution is -0.122. The Morgan fingerprint density at radius 2 is 1.83 bits per heavy atom. The third-order valence-corrected chi connectivity index (χ3v) is 4.01. The molecule has 1 aromatic carbocycles. The molecule has 0 radical (unpaired) electrons. The van der Waals surface area contributed by atoms with E-state index in [-0.39, 0.29) is 5.57 Å². The lowest BCUT2D eigenvalue weighted by Crippen LogP contribution is -2.54. The van der Waals surface area contributed by atoms with Gasteiger partial charge in [-0.1, -0.05) is 19.1 Å². The zero-order valence-electron chi connectivity index (χ0n) is 12.7. The van der Waals surface area contributed by atoms with Crippen LogP contribution in [0.1, 0.15) is 18.2 Å². The SMILES string of the molecule is CCc1ccc(N2C(=O)NC(=O)/C(=C\c3ccc(Br)o3)C2=O)cc1. The maximum Gasteiger partial charge on any atom is 0.335 e. The minimum atomic E-state index is -0.771. The van der Waals surface area contributed by atoms with Gasteiger partial charge in [0.05, 0.1) is 5.69 Å². The van der Waals surface area contributed by atoms with Gasteiger partial charge in [0.15, 0.2) is 4.67 Å². The van der Waals surface area contributed by atoms with E-state index in [1.54, 1.807) is 24.3 Å². The van der Waals surface area contributed by atoms with Gasteiger partial charge in [-0.05, 0) is 58.3 Å². The number of halogens is 1. The van der Waals surface area contributed by atoms with Gasteiger partial charge < -0.3 is 4.42 Å². The zero-order valence-corrected chi connectivity index (χ0v) is 14.3. The summed E-state index contributed by atoms with van der Waals surface area (Å²) < 4.78 is 5.76. The fourth-order valence-electron chi connectivity index (χ4n) is 2.32. The molecule has 3 rings (SSSR count). The van der Waals surface area contributed by atoms with Gasteiger partial charge >= 0.3 is 6.03 Å². The largest absolute Gasteiger partial charge is 0.450 e.